The minimum Gasteiger partial charge on any atom is -0.396 e. The fourth-order valence-corrected chi connectivity index (χ4v) is 2.93. The van der Waals surface area contributed by atoms with Gasteiger partial charge in [0.15, 0.2) is 0 Å². The fourth-order valence-electron chi connectivity index (χ4n) is 2.93. The maximum Gasteiger partial charge on any atom is 0.0475 e. The van der Waals surface area contributed by atoms with E-state index in [4.69, 9.17) is 0 Å². The second-order valence-corrected chi connectivity index (χ2v) is 6.27. The standard InChI is InChI=1S/C22H24N2O/c25-17-19(14-22-11-4-5-12-24-22)16-23-15-18-7-6-10-21(13-18)20-8-2-1-3-9-20/h1-13,19,23,25H,14-17H2. The lowest BCUT2D eigenvalue weighted by Crippen LogP contribution is -2.26. The molecule has 3 heteroatoms. The summed E-state index contributed by atoms with van der Waals surface area (Å²) in [6.07, 6.45) is 2.58. The van der Waals surface area contributed by atoms with E-state index in [9.17, 15) is 5.11 Å². The van der Waals surface area contributed by atoms with Crippen LogP contribution in [0.1, 0.15) is 11.3 Å². The quantitative estimate of drug-likeness (QED) is 0.661. The Hall–Kier alpha value is -2.49. The van der Waals surface area contributed by atoms with Crippen molar-refractivity contribution in [2.45, 2.75) is 13.0 Å². The molecule has 3 nitrogen and oxygen atoms in total. The molecule has 3 aromatic rings. The monoisotopic (exact) mass is 332 g/mol. The molecule has 0 aliphatic carbocycles. The molecule has 2 aromatic carbocycles. The van der Waals surface area contributed by atoms with Crippen LogP contribution in [-0.4, -0.2) is 23.2 Å². The molecule has 1 aromatic heterocycles. The van der Waals surface area contributed by atoms with Crippen LogP contribution in [0.5, 0.6) is 0 Å². The first-order valence-corrected chi connectivity index (χ1v) is 8.71. The Morgan fingerprint density at radius 3 is 2.44 bits per heavy atom. The molecule has 1 heterocycles. The van der Waals surface area contributed by atoms with Crippen LogP contribution in [0.25, 0.3) is 11.1 Å². The Morgan fingerprint density at radius 1 is 0.880 bits per heavy atom. The molecule has 0 aliphatic heterocycles. The zero-order valence-electron chi connectivity index (χ0n) is 14.3. The average molecular weight is 332 g/mol. The third kappa shape index (κ3) is 5.24. The lowest BCUT2D eigenvalue weighted by molar-refractivity contribution is 0.220. The molecule has 2 N–H and O–H groups in total. The molecule has 3 rings (SSSR count). The summed E-state index contributed by atoms with van der Waals surface area (Å²) in [5.74, 6) is 0.173. The van der Waals surface area contributed by atoms with Crippen molar-refractivity contribution in [2.75, 3.05) is 13.2 Å². The van der Waals surface area contributed by atoms with E-state index >= 15 is 0 Å². The molecule has 0 saturated heterocycles. The Labute approximate surface area is 149 Å². The predicted molar refractivity (Wildman–Crippen MR) is 102 cm³/mol. The predicted octanol–water partition coefficient (Wildman–Crippen LogP) is 3.69. The van der Waals surface area contributed by atoms with Crippen LogP contribution < -0.4 is 5.32 Å². The Bertz CT molecular complexity index is 759. The highest BCUT2D eigenvalue weighted by Crippen LogP contribution is 2.20. The van der Waals surface area contributed by atoms with Gasteiger partial charge in [-0.25, -0.2) is 0 Å². The largest absolute Gasteiger partial charge is 0.396 e. The summed E-state index contributed by atoms with van der Waals surface area (Å²) in [5, 5.41) is 13.1. The first-order chi connectivity index (χ1) is 12.3. The number of aliphatic hydroxyl groups excluding tert-OH is 1. The lowest BCUT2D eigenvalue weighted by Gasteiger charge is -2.15. The van der Waals surface area contributed by atoms with Crippen molar-refractivity contribution in [3.05, 3.63) is 90.3 Å². The van der Waals surface area contributed by atoms with Crippen molar-refractivity contribution in [1.29, 1.82) is 0 Å². The summed E-state index contributed by atoms with van der Waals surface area (Å²) in [6.45, 7) is 1.72. The zero-order chi connectivity index (χ0) is 17.3. The maximum atomic E-state index is 9.61. The third-order valence-electron chi connectivity index (χ3n) is 4.28. The number of rotatable bonds is 8. The summed E-state index contributed by atoms with van der Waals surface area (Å²) in [6, 6.07) is 24.9. The Kier molecular flexibility index (Phi) is 6.32. The Balaban J connectivity index is 1.54. The van der Waals surface area contributed by atoms with Gasteiger partial charge in [0.2, 0.25) is 0 Å². The first-order valence-electron chi connectivity index (χ1n) is 8.71. The van der Waals surface area contributed by atoms with Crippen LogP contribution in [0, 0.1) is 5.92 Å². The van der Waals surface area contributed by atoms with Crippen LogP contribution in [0.4, 0.5) is 0 Å². The number of nitrogens with zero attached hydrogens (tertiary/aromatic N) is 1. The number of aliphatic hydroxyl groups is 1. The van der Waals surface area contributed by atoms with Gasteiger partial charge in [-0.15, -0.1) is 0 Å². The highest BCUT2D eigenvalue weighted by atomic mass is 16.3. The van der Waals surface area contributed by atoms with Gasteiger partial charge in [0, 0.05) is 31.6 Å². The summed E-state index contributed by atoms with van der Waals surface area (Å²) in [7, 11) is 0. The second kappa shape index (κ2) is 9.11. The molecule has 128 valence electrons. The molecule has 0 fully saturated rings. The van der Waals surface area contributed by atoms with Gasteiger partial charge in [0.05, 0.1) is 0 Å². The van der Waals surface area contributed by atoms with Crippen molar-refractivity contribution in [1.82, 2.24) is 10.3 Å². The molecule has 1 atom stereocenters. The Morgan fingerprint density at radius 2 is 1.68 bits per heavy atom. The molecular weight excluding hydrogens is 308 g/mol. The maximum absolute atomic E-state index is 9.61. The molecule has 0 spiro atoms. The molecule has 0 radical (unpaired) electrons. The molecule has 0 bridgehead atoms. The number of nitrogens with one attached hydrogen (secondary N) is 1. The van der Waals surface area contributed by atoms with E-state index in [1.165, 1.54) is 16.7 Å². The number of hydrogen-bond acceptors (Lipinski definition) is 3. The number of benzene rings is 2. The van der Waals surface area contributed by atoms with E-state index in [-0.39, 0.29) is 12.5 Å². The highest BCUT2D eigenvalue weighted by Gasteiger charge is 2.09. The SMILES string of the molecule is OCC(CNCc1cccc(-c2ccccc2)c1)Cc1ccccn1. The summed E-state index contributed by atoms with van der Waals surface area (Å²) in [4.78, 5) is 4.34. The van der Waals surface area contributed by atoms with Gasteiger partial charge in [-0.2, -0.15) is 0 Å². The summed E-state index contributed by atoms with van der Waals surface area (Å²) >= 11 is 0. The van der Waals surface area contributed by atoms with Crippen molar-refractivity contribution in [3.8, 4) is 11.1 Å². The van der Waals surface area contributed by atoms with Gasteiger partial charge in [0.25, 0.3) is 0 Å². The molecule has 0 aliphatic rings. The fraction of sp³-hybridized carbons (Fsp3) is 0.227. The van der Waals surface area contributed by atoms with E-state index in [1.807, 2.05) is 24.3 Å². The number of aromatic nitrogens is 1. The molecule has 1 unspecified atom stereocenters. The first kappa shape index (κ1) is 17.3. The van der Waals surface area contributed by atoms with Crippen LogP contribution in [0.15, 0.2) is 79.0 Å². The van der Waals surface area contributed by atoms with Crippen molar-refractivity contribution in [3.63, 3.8) is 0 Å². The number of hydrogen-bond donors (Lipinski definition) is 2. The van der Waals surface area contributed by atoms with Gasteiger partial charge >= 0.3 is 0 Å². The lowest BCUT2D eigenvalue weighted by atomic mass is 10.0. The molecule has 0 amide bonds. The van der Waals surface area contributed by atoms with Crippen LogP contribution in [0.2, 0.25) is 0 Å². The van der Waals surface area contributed by atoms with Gasteiger partial charge in [0.1, 0.15) is 0 Å². The van der Waals surface area contributed by atoms with Crippen LogP contribution in [-0.2, 0) is 13.0 Å². The summed E-state index contributed by atoms with van der Waals surface area (Å²) in [5.41, 5.74) is 4.73. The second-order valence-electron chi connectivity index (χ2n) is 6.27. The van der Waals surface area contributed by atoms with Gasteiger partial charge in [-0.05, 0) is 47.2 Å². The average Bonchev–Trinajstić information content (AvgIpc) is 2.69. The topological polar surface area (TPSA) is 45.1 Å². The minimum atomic E-state index is 0.160. The van der Waals surface area contributed by atoms with Crippen molar-refractivity contribution >= 4 is 0 Å². The van der Waals surface area contributed by atoms with Crippen molar-refractivity contribution in [2.24, 2.45) is 5.92 Å². The van der Waals surface area contributed by atoms with Crippen LogP contribution >= 0.6 is 0 Å². The van der Waals surface area contributed by atoms with Gasteiger partial charge < -0.3 is 10.4 Å². The normalized spacial score (nSPS) is 12.0. The number of pyridine rings is 1. The van der Waals surface area contributed by atoms with Gasteiger partial charge in [-0.1, -0.05) is 54.6 Å². The van der Waals surface area contributed by atoms with E-state index < -0.39 is 0 Å². The minimum absolute atomic E-state index is 0.160. The summed E-state index contributed by atoms with van der Waals surface area (Å²) < 4.78 is 0. The zero-order valence-corrected chi connectivity index (χ0v) is 14.3. The molecular formula is C22H24N2O. The van der Waals surface area contributed by atoms with E-state index in [1.54, 1.807) is 6.20 Å². The van der Waals surface area contributed by atoms with Crippen molar-refractivity contribution < 1.29 is 5.11 Å². The van der Waals surface area contributed by atoms with E-state index in [2.05, 4.69) is 58.8 Å². The van der Waals surface area contributed by atoms with E-state index in [0.717, 1.165) is 25.2 Å². The van der Waals surface area contributed by atoms with E-state index in [0.29, 0.717) is 0 Å². The van der Waals surface area contributed by atoms with Crippen LogP contribution in [0.3, 0.4) is 0 Å². The molecule has 25 heavy (non-hydrogen) atoms. The third-order valence-corrected chi connectivity index (χ3v) is 4.28. The highest BCUT2D eigenvalue weighted by molar-refractivity contribution is 5.63. The molecule has 0 saturated carbocycles. The van der Waals surface area contributed by atoms with Gasteiger partial charge in [-0.3, -0.25) is 4.98 Å². The smallest absolute Gasteiger partial charge is 0.0475 e.